The fraction of sp³-hybridized carbons (Fsp3) is 0.667. The van der Waals surface area contributed by atoms with Gasteiger partial charge in [-0.05, 0) is 6.92 Å². The van der Waals surface area contributed by atoms with Crippen molar-refractivity contribution < 1.29 is 0 Å². The van der Waals surface area contributed by atoms with Gasteiger partial charge in [-0.2, -0.15) is 5.10 Å². The molecule has 0 aliphatic carbocycles. The first kappa shape index (κ1) is 4.71. The van der Waals surface area contributed by atoms with E-state index in [-0.39, 0.29) is 6.17 Å². The van der Waals surface area contributed by atoms with E-state index >= 15 is 0 Å². The zero-order valence-corrected chi connectivity index (χ0v) is 4.68. The molecule has 0 bridgehead atoms. The molecule has 1 unspecified atom stereocenters. The number of nitrogens with one attached hydrogen (secondary N) is 1. The Morgan fingerprint density at radius 1 is 2.00 bits per heavy atom. The lowest BCUT2D eigenvalue weighted by molar-refractivity contribution is 0.470. The van der Waals surface area contributed by atoms with Gasteiger partial charge in [-0.3, -0.25) is 9.84 Å². The Bertz CT molecular complexity index is 92.2. The summed E-state index contributed by atoms with van der Waals surface area (Å²) >= 11 is 5.48. The van der Waals surface area contributed by atoms with E-state index in [0.717, 1.165) is 0 Å². The molecule has 1 atom stereocenters. The molecular formula is C3H6ClN3. The Morgan fingerprint density at radius 3 is 2.86 bits per heavy atom. The van der Waals surface area contributed by atoms with Crippen LogP contribution in [0.25, 0.3) is 0 Å². The predicted octanol–water partition coefficient (Wildman–Crippen LogP) is 0.335. The minimum atomic E-state index is 0.140. The van der Waals surface area contributed by atoms with Crippen molar-refractivity contribution in [1.29, 1.82) is 0 Å². The molecule has 0 fully saturated rings. The van der Waals surface area contributed by atoms with Crippen molar-refractivity contribution in [1.82, 2.24) is 9.84 Å². The summed E-state index contributed by atoms with van der Waals surface area (Å²) in [5.41, 5.74) is 2.73. The summed E-state index contributed by atoms with van der Waals surface area (Å²) in [5.74, 6) is 0. The van der Waals surface area contributed by atoms with Gasteiger partial charge in [0, 0.05) is 11.8 Å². The number of hydrogen-bond acceptors (Lipinski definition) is 3. The van der Waals surface area contributed by atoms with E-state index in [2.05, 4.69) is 10.5 Å². The summed E-state index contributed by atoms with van der Waals surface area (Å²) in [4.78, 5) is 0. The monoisotopic (exact) mass is 119 g/mol. The van der Waals surface area contributed by atoms with Crippen LogP contribution in [0.5, 0.6) is 0 Å². The molecule has 1 rings (SSSR count). The quantitative estimate of drug-likeness (QED) is 0.466. The highest BCUT2D eigenvalue weighted by Crippen LogP contribution is 1.99. The number of rotatable bonds is 0. The predicted molar refractivity (Wildman–Crippen MR) is 28.8 cm³/mol. The minimum Gasteiger partial charge on any atom is -0.285 e. The summed E-state index contributed by atoms with van der Waals surface area (Å²) in [6.45, 7) is 1.92. The maximum atomic E-state index is 5.48. The largest absolute Gasteiger partial charge is 0.285 e. The van der Waals surface area contributed by atoms with Gasteiger partial charge in [0.15, 0.2) is 0 Å². The average molecular weight is 120 g/mol. The molecule has 1 aliphatic heterocycles. The van der Waals surface area contributed by atoms with Crippen molar-refractivity contribution >= 4 is 18.1 Å². The molecule has 0 aromatic carbocycles. The molecule has 3 nitrogen and oxygen atoms in total. The van der Waals surface area contributed by atoms with E-state index in [0.29, 0.717) is 0 Å². The van der Waals surface area contributed by atoms with E-state index in [4.69, 9.17) is 11.8 Å². The highest BCUT2D eigenvalue weighted by atomic mass is 35.5. The zero-order valence-electron chi connectivity index (χ0n) is 3.93. The molecule has 1 aliphatic rings. The van der Waals surface area contributed by atoms with Crippen LogP contribution in [0.2, 0.25) is 0 Å². The van der Waals surface area contributed by atoms with Gasteiger partial charge >= 0.3 is 0 Å². The fourth-order valence-corrected chi connectivity index (χ4v) is 0.439. The maximum Gasteiger partial charge on any atom is 0.129 e. The summed E-state index contributed by atoms with van der Waals surface area (Å²) in [6, 6.07) is 0. The highest BCUT2D eigenvalue weighted by molar-refractivity contribution is 6.19. The van der Waals surface area contributed by atoms with Crippen LogP contribution in [0.1, 0.15) is 6.92 Å². The van der Waals surface area contributed by atoms with Crippen LogP contribution in [0, 0.1) is 0 Å². The third kappa shape index (κ3) is 0.771. The molecule has 0 aromatic rings. The van der Waals surface area contributed by atoms with Gasteiger partial charge in [0.2, 0.25) is 0 Å². The molecule has 4 heteroatoms. The van der Waals surface area contributed by atoms with Crippen molar-refractivity contribution in [3.63, 3.8) is 0 Å². The van der Waals surface area contributed by atoms with Gasteiger partial charge in [-0.1, -0.05) is 0 Å². The number of nitrogens with zero attached hydrogens (tertiary/aromatic N) is 2. The van der Waals surface area contributed by atoms with Gasteiger partial charge in [0.1, 0.15) is 12.5 Å². The Morgan fingerprint density at radius 2 is 2.71 bits per heavy atom. The molecular weight excluding hydrogens is 114 g/mol. The molecule has 1 heterocycles. The van der Waals surface area contributed by atoms with Gasteiger partial charge in [0.25, 0.3) is 0 Å². The summed E-state index contributed by atoms with van der Waals surface area (Å²) < 4.78 is 1.47. The van der Waals surface area contributed by atoms with E-state index in [1.807, 2.05) is 6.92 Å². The minimum absolute atomic E-state index is 0.140. The van der Waals surface area contributed by atoms with Crippen molar-refractivity contribution in [2.75, 3.05) is 0 Å². The number of hydrogen-bond donors (Lipinski definition) is 1. The van der Waals surface area contributed by atoms with Gasteiger partial charge in [-0.25, -0.2) is 0 Å². The maximum absolute atomic E-state index is 5.48. The summed E-state index contributed by atoms with van der Waals surface area (Å²) in [7, 11) is 0. The standard InChI is InChI=1S/C3H6ClN3/c1-3-6-5-2-7(3)4/h2-3,6H,1H3. The molecule has 1 N–H and O–H groups in total. The molecule has 7 heavy (non-hydrogen) atoms. The third-order valence-corrected chi connectivity index (χ3v) is 1.18. The average Bonchev–Trinajstić information content (AvgIpc) is 1.91. The van der Waals surface area contributed by atoms with Crippen molar-refractivity contribution in [2.24, 2.45) is 5.10 Å². The van der Waals surface area contributed by atoms with Crippen LogP contribution >= 0.6 is 11.8 Å². The van der Waals surface area contributed by atoms with Gasteiger partial charge < -0.3 is 0 Å². The fourth-order valence-electron chi connectivity index (χ4n) is 0.352. The lowest BCUT2D eigenvalue weighted by atomic mass is 10.6. The Balaban J connectivity index is 2.45. The number of halogens is 1. The number of hydrazone groups is 1. The summed E-state index contributed by atoms with van der Waals surface area (Å²) in [5, 5.41) is 3.66. The topological polar surface area (TPSA) is 27.6 Å². The normalized spacial score (nSPS) is 28.3. The summed E-state index contributed by atoms with van der Waals surface area (Å²) in [6.07, 6.45) is 1.67. The third-order valence-electron chi connectivity index (χ3n) is 0.799. The lowest BCUT2D eigenvalue weighted by Crippen LogP contribution is -2.25. The van der Waals surface area contributed by atoms with Crippen molar-refractivity contribution in [2.45, 2.75) is 13.1 Å². The van der Waals surface area contributed by atoms with Crippen LogP contribution in [0.15, 0.2) is 5.10 Å². The van der Waals surface area contributed by atoms with Crippen molar-refractivity contribution in [3.05, 3.63) is 0 Å². The van der Waals surface area contributed by atoms with E-state index in [1.165, 1.54) is 10.8 Å². The molecule has 0 radical (unpaired) electrons. The van der Waals surface area contributed by atoms with Crippen LogP contribution in [-0.4, -0.2) is 16.9 Å². The van der Waals surface area contributed by atoms with E-state index < -0.39 is 0 Å². The Kier molecular flexibility index (Phi) is 1.06. The molecule has 40 valence electrons. The van der Waals surface area contributed by atoms with Crippen LogP contribution in [0.3, 0.4) is 0 Å². The van der Waals surface area contributed by atoms with Crippen LogP contribution < -0.4 is 5.43 Å². The highest BCUT2D eigenvalue weighted by Gasteiger charge is 2.09. The van der Waals surface area contributed by atoms with E-state index in [9.17, 15) is 0 Å². The Labute approximate surface area is 47.1 Å². The molecule has 0 amide bonds. The SMILES string of the molecule is CC1NN=CN1Cl. The van der Waals surface area contributed by atoms with Gasteiger partial charge in [-0.15, -0.1) is 0 Å². The zero-order chi connectivity index (χ0) is 5.28. The van der Waals surface area contributed by atoms with Gasteiger partial charge in [0.05, 0.1) is 0 Å². The molecule has 0 saturated carbocycles. The first-order chi connectivity index (χ1) is 3.30. The van der Waals surface area contributed by atoms with Crippen LogP contribution in [-0.2, 0) is 0 Å². The Hall–Kier alpha value is -0.440. The van der Waals surface area contributed by atoms with Crippen LogP contribution in [0.4, 0.5) is 0 Å². The second kappa shape index (κ2) is 1.58. The smallest absolute Gasteiger partial charge is 0.129 e. The lowest BCUT2D eigenvalue weighted by Gasteiger charge is -2.07. The first-order valence-electron chi connectivity index (χ1n) is 2.03. The second-order valence-electron chi connectivity index (χ2n) is 1.39. The second-order valence-corrected chi connectivity index (χ2v) is 1.78. The van der Waals surface area contributed by atoms with E-state index in [1.54, 1.807) is 0 Å². The molecule has 0 aromatic heterocycles. The van der Waals surface area contributed by atoms with Crippen molar-refractivity contribution in [3.8, 4) is 0 Å². The first-order valence-corrected chi connectivity index (χ1v) is 2.37. The molecule has 0 spiro atoms. The molecule has 0 saturated heterocycles.